The van der Waals surface area contributed by atoms with Gasteiger partial charge in [-0.2, -0.15) is 0 Å². The Bertz CT molecular complexity index is 1800. The number of ketones is 2. The van der Waals surface area contributed by atoms with Crippen LogP contribution in [-0.2, 0) is 39.9 Å². The normalized spacial score (nSPS) is 34.7. The van der Waals surface area contributed by atoms with Gasteiger partial charge in [0.1, 0.15) is 29.5 Å². The van der Waals surface area contributed by atoms with Crippen molar-refractivity contribution in [2.45, 2.75) is 149 Å². The number of nitrogens with two attached hydrogens (primary N) is 1. The largest absolute Gasteiger partial charge is 0.465 e. The predicted octanol–water partition coefficient (Wildman–Crippen LogP) is 4.65. The maximum absolute atomic E-state index is 16.7. The lowest BCUT2D eigenvalue weighted by Gasteiger charge is -2.44. The molecule has 2 aliphatic heterocycles. The third kappa shape index (κ3) is 11.7. The maximum Gasteiger partial charge on any atom is 0.407 e. The summed E-state index contributed by atoms with van der Waals surface area (Å²) >= 11 is 0. The summed E-state index contributed by atoms with van der Waals surface area (Å²) in [5, 5.41) is 30.5. The van der Waals surface area contributed by atoms with E-state index >= 15 is 4.39 Å². The minimum Gasteiger partial charge on any atom is -0.465 e. The molecule has 2 aliphatic rings. The average Bonchev–Trinajstić information content (AvgIpc) is 3.70. The summed E-state index contributed by atoms with van der Waals surface area (Å²) in [6.07, 6.45) is -3.91. The number of carbonyl (C=O) groups is 4. The SMILES string of the molecule is CC[C@H]1OC(=O)[C@@](C)(F)C(=O)[C@H](C)[C@@H](OC2OC(C)CC(N(C)C)C2O)[C@@H](OC)C[C@@H](C)C(=O)[C@H](C)C(N(CCCCn2cc(-c3cccc(N)n3)nn2)C(=O)O)[C@@H](C)[C@H]1C. The van der Waals surface area contributed by atoms with Gasteiger partial charge in [0.15, 0.2) is 12.1 Å². The number of halogens is 1. The van der Waals surface area contributed by atoms with Crippen molar-refractivity contribution in [1.82, 2.24) is 29.8 Å². The van der Waals surface area contributed by atoms with E-state index in [-0.39, 0.29) is 37.3 Å². The second kappa shape index (κ2) is 21.3. The Morgan fingerprint density at radius 1 is 1.05 bits per heavy atom. The second-order valence-electron chi connectivity index (χ2n) is 17.5. The number of hydrogen-bond acceptors (Lipinski definition) is 14. The van der Waals surface area contributed by atoms with Crippen LogP contribution in [0.5, 0.6) is 0 Å². The summed E-state index contributed by atoms with van der Waals surface area (Å²) in [6.45, 7) is 13.3. The van der Waals surface area contributed by atoms with E-state index < -0.39 is 89.9 Å². The molecular weight excluding hydrogens is 794 g/mol. The number of nitrogen functional groups attached to an aromatic ring is 1. The van der Waals surface area contributed by atoms with Gasteiger partial charge in [0.05, 0.1) is 30.2 Å². The van der Waals surface area contributed by atoms with Crippen molar-refractivity contribution in [3.63, 3.8) is 0 Å². The lowest BCUT2D eigenvalue weighted by atomic mass is 9.75. The van der Waals surface area contributed by atoms with Crippen LogP contribution in [0.4, 0.5) is 15.0 Å². The molecule has 2 aromatic rings. The zero-order valence-electron chi connectivity index (χ0n) is 37.6. The van der Waals surface area contributed by atoms with Crippen LogP contribution in [0.15, 0.2) is 24.4 Å². The molecule has 4 N–H and O–H groups in total. The molecule has 18 heteroatoms. The third-order valence-corrected chi connectivity index (χ3v) is 12.9. The number of likely N-dealkylation sites (N-methyl/N-ethyl adjacent to an activating group) is 1. The third-order valence-electron chi connectivity index (χ3n) is 12.9. The molecule has 17 nitrogen and oxygen atoms in total. The molecule has 0 aromatic carbocycles. The Labute approximate surface area is 358 Å². The van der Waals surface area contributed by atoms with Crippen molar-refractivity contribution in [2.24, 2.45) is 29.6 Å². The van der Waals surface area contributed by atoms with Crippen LogP contribution in [0.2, 0.25) is 0 Å². The van der Waals surface area contributed by atoms with Gasteiger partial charge in [-0.25, -0.2) is 19.0 Å². The summed E-state index contributed by atoms with van der Waals surface area (Å²) in [4.78, 5) is 63.1. The molecular formula is C43H68FN7O10. The van der Waals surface area contributed by atoms with Crippen LogP contribution in [0, 0.1) is 29.6 Å². The van der Waals surface area contributed by atoms with Gasteiger partial charge in [-0.3, -0.25) is 14.3 Å². The maximum atomic E-state index is 16.7. The second-order valence-corrected chi connectivity index (χ2v) is 17.5. The van der Waals surface area contributed by atoms with E-state index in [4.69, 9.17) is 24.7 Å². The Kier molecular flexibility index (Phi) is 17.3. The lowest BCUT2D eigenvalue weighted by Crippen LogP contribution is -2.57. The Hall–Kier alpha value is -4.10. The van der Waals surface area contributed by atoms with Gasteiger partial charge in [-0.1, -0.05) is 52.8 Å². The van der Waals surface area contributed by atoms with E-state index in [2.05, 4.69) is 15.3 Å². The first-order chi connectivity index (χ1) is 28.6. The number of aromatic nitrogens is 4. The van der Waals surface area contributed by atoms with Gasteiger partial charge in [-0.15, -0.1) is 5.10 Å². The fraction of sp³-hybridized carbons (Fsp3) is 0.744. The number of ether oxygens (including phenoxy) is 4. The highest BCUT2D eigenvalue weighted by molar-refractivity contribution is 6.07. The average molecular weight is 862 g/mol. The number of esters is 1. The van der Waals surface area contributed by atoms with E-state index in [1.807, 2.05) is 25.9 Å². The number of hydrogen-bond donors (Lipinski definition) is 3. The van der Waals surface area contributed by atoms with E-state index in [1.165, 1.54) is 18.9 Å². The molecule has 2 aromatic heterocycles. The number of Topliss-reactive ketones (excluding diaryl/α,β-unsaturated/α-hetero) is 2. The fourth-order valence-corrected chi connectivity index (χ4v) is 8.98. The van der Waals surface area contributed by atoms with E-state index in [1.54, 1.807) is 63.7 Å². The number of pyridine rings is 1. The number of aliphatic hydroxyl groups is 1. The number of alkyl halides is 1. The molecule has 0 radical (unpaired) electrons. The predicted molar refractivity (Wildman–Crippen MR) is 224 cm³/mol. The molecule has 0 spiro atoms. The number of cyclic esters (lactones) is 1. The quantitative estimate of drug-likeness (QED) is 0.150. The molecule has 2 saturated heterocycles. The molecule has 5 unspecified atom stereocenters. The highest BCUT2D eigenvalue weighted by atomic mass is 19.1. The highest BCUT2D eigenvalue weighted by Gasteiger charge is 2.52. The summed E-state index contributed by atoms with van der Waals surface area (Å²) in [5.74, 6) is -6.55. The molecule has 61 heavy (non-hydrogen) atoms. The molecule has 342 valence electrons. The van der Waals surface area contributed by atoms with Crippen molar-refractivity contribution in [3.8, 4) is 11.4 Å². The van der Waals surface area contributed by atoms with Gasteiger partial charge in [0, 0.05) is 50.0 Å². The molecule has 14 atom stereocenters. The summed E-state index contributed by atoms with van der Waals surface area (Å²) in [5.41, 5.74) is 3.81. The number of aryl methyl sites for hydroxylation is 1. The van der Waals surface area contributed by atoms with Crippen LogP contribution in [0.1, 0.15) is 87.5 Å². The number of anilines is 1. The number of rotatable bonds is 12. The summed E-state index contributed by atoms with van der Waals surface area (Å²) < 4.78 is 42.5. The Morgan fingerprint density at radius 3 is 2.34 bits per heavy atom. The number of aliphatic hydroxyl groups excluding tert-OH is 1. The number of carboxylic acid groups (broad SMARTS) is 1. The minimum atomic E-state index is -3.13. The summed E-state index contributed by atoms with van der Waals surface area (Å²) in [6, 6.07) is 3.95. The Balaban J connectivity index is 1.67. The van der Waals surface area contributed by atoms with Crippen molar-refractivity contribution in [2.75, 3.05) is 33.5 Å². The van der Waals surface area contributed by atoms with Crippen LogP contribution >= 0.6 is 0 Å². The standard InChI is InChI=1S/C43H68FN7O10/c1-12-32-25(4)26(5)35(51(42(56)57)19-14-13-18-50-22-30(47-48-50)29-16-15-17-34(45)46-29)27(6)36(52)23(2)20-33(58-11)38(28(7)39(54)43(8,44)41(55)60-32)61-40-37(53)31(49(9)10)21-24(3)59-40/h15-17,22-28,31-33,35,37-38,40,53H,12-14,18-21H2,1-11H3,(H2,45,46)(H,56,57)/t23-,24?,25-,26+,27-,28-,31?,32-,33+,35?,37?,38-,40?,43+/m1/s1. The topological polar surface area (TPSA) is 222 Å². The van der Waals surface area contributed by atoms with Gasteiger partial charge in [0.2, 0.25) is 0 Å². The number of methoxy groups -OCH3 is 1. The molecule has 0 bridgehead atoms. The van der Waals surface area contributed by atoms with Gasteiger partial charge in [0.25, 0.3) is 5.67 Å². The van der Waals surface area contributed by atoms with E-state index in [0.29, 0.717) is 43.0 Å². The number of carbonyl (C=O) groups excluding carboxylic acids is 3. The monoisotopic (exact) mass is 862 g/mol. The van der Waals surface area contributed by atoms with Crippen LogP contribution in [-0.4, -0.2) is 146 Å². The van der Waals surface area contributed by atoms with Crippen molar-refractivity contribution in [3.05, 3.63) is 24.4 Å². The van der Waals surface area contributed by atoms with Crippen molar-refractivity contribution >= 4 is 29.4 Å². The summed E-state index contributed by atoms with van der Waals surface area (Å²) in [7, 11) is 5.00. The first-order valence-corrected chi connectivity index (χ1v) is 21.4. The number of unbranched alkanes of at least 4 members (excludes halogenated alkanes) is 1. The zero-order chi connectivity index (χ0) is 45.5. The first-order valence-electron chi connectivity index (χ1n) is 21.4. The van der Waals surface area contributed by atoms with E-state index in [9.17, 15) is 29.4 Å². The fourth-order valence-electron chi connectivity index (χ4n) is 8.98. The molecule has 4 rings (SSSR count). The van der Waals surface area contributed by atoms with Gasteiger partial charge < -0.3 is 44.7 Å². The molecule has 2 fully saturated rings. The van der Waals surface area contributed by atoms with Crippen LogP contribution in [0.25, 0.3) is 11.4 Å². The molecule has 0 aliphatic carbocycles. The van der Waals surface area contributed by atoms with E-state index in [0.717, 1.165) is 6.92 Å². The zero-order valence-corrected chi connectivity index (χ0v) is 37.6. The molecule has 4 heterocycles. The number of amides is 1. The lowest BCUT2D eigenvalue weighted by molar-refractivity contribution is -0.284. The smallest absolute Gasteiger partial charge is 0.407 e. The van der Waals surface area contributed by atoms with Gasteiger partial charge in [-0.05, 0) is 84.0 Å². The molecule has 0 saturated carbocycles. The number of nitrogens with zero attached hydrogens (tertiary/aromatic N) is 6. The Morgan fingerprint density at radius 2 is 1.74 bits per heavy atom. The van der Waals surface area contributed by atoms with Crippen molar-refractivity contribution < 1.29 is 52.7 Å². The molecule has 1 amide bonds. The first kappa shape index (κ1) is 49.6. The minimum absolute atomic E-state index is 0.0167. The highest BCUT2D eigenvalue weighted by Crippen LogP contribution is 2.37. The van der Waals surface area contributed by atoms with Crippen molar-refractivity contribution in [1.29, 1.82) is 0 Å². The van der Waals surface area contributed by atoms with Crippen LogP contribution in [0.3, 0.4) is 0 Å². The van der Waals surface area contributed by atoms with Gasteiger partial charge >= 0.3 is 12.1 Å². The van der Waals surface area contributed by atoms with Crippen LogP contribution < -0.4 is 5.73 Å².